The summed E-state index contributed by atoms with van der Waals surface area (Å²) in [6, 6.07) is 0. The second-order valence-corrected chi connectivity index (χ2v) is 7.28. The molecule has 0 bridgehead atoms. The highest BCUT2D eigenvalue weighted by Gasteiger charge is 2.22. The van der Waals surface area contributed by atoms with Crippen LogP contribution in [-0.2, 0) is 14.9 Å². The molecule has 0 unspecified atom stereocenters. The normalized spacial score (nSPS) is 12.6. The first kappa shape index (κ1) is 17.7. The van der Waals surface area contributed by atoms with Crippen molar-refractivity contribution in [1.29, 1.82) is 0 Å². The largest absolute Gasteiger partial charge is 0.446 e. The van der Waals surface area contributed by atoms with Crippen molar-refractivity contribution < 1.29 is 17.9 Å². The van der Waals surface area contributed by atoms with Crippen molar-refractivity contribution in [1.82, 2.24) is 9.44 Å². The second kappa shape index (κ2) is 7.30. The van der Waals surface area contributed by atoms with E-state index in [-0.39, 0.29) is 18.1 Å². The number of halogens is 1. The van der Waals surface area contributed by atoms with Crippen LogP contribution in [0.25, 0.3) is 0 Å². The fourth-order valence-electron chi connectivity index (χ4n) is 1.02. The summed E-state index contributed by atoms with van der Waals surface area (Å²) in [6.07, 6.45) is -0.535. The van der Waals surface area contributed by atoms with Gasteiger partial charge in [0.15, 0.2) is 0 Å². The van der Waals surface area contributed by atoms with Crippen LogP contribution in [0.4, 0.5) is 4.79 Å². The zero-order valence-corrected chi connectivity index (χ0v) is 13.5. The molecule has 0 aromatic rings. The maximum absolute atomic E-state index is 11.5. The van der Waals surface area contributed by atoms with Crippen LogP contribution in [0.5, 0.6) is 0 Å². The zero-order valence-electron chi connectivity index (χ0n) is 11.1. The van der Waals surface area contributed by atoms with Gasteiger partial charge in [-0.25, -0.2) is 9.52 Å². The molecule has 2 N–H and O–H groups in total. The molecule has 6 nitrogen and oxygen atoms in total. The average Bonchev–Trinajstić information content (AvgIpc) is 2.12. The molecule has 108 valence electrons. The van der Waals surface area contributed by atoms with Gasteiger partial charge in [-0.15, -0.1) is 0 Å². The Kier molecular flexibility index (Phi) is 7.16. The Labute approximate surface area is 117 Å². The Morgan fingerprint density at radius 3 is 2.39 bits per heavy atom. The minimum absolute atomic E-state index is 0.194. The first-order valence-electron chi connectivity index (χ1n) is 5.62. The molecule has 0 radical (unpaired) electrons. The summed E-state index contributed by atoms with van der Waals surface area (Å²) in [4.78, 5) is 11.2. The van der Waals surface area contributed by atoms with E-state index in [1.54, 1.807) is 18.6 Å². The maximum atomic E-state index is 11.5. The minimum Gasteiger partial charge on any atom is -0.446 e. The fourth-order valence-corrected chi connectivity index (χ4v) is 3.01. The fraction of sp³-hybridized carbons (Fsp3) is 0.900. The predicted molar refractivity (Wildman–Crippen MR) is 73.9 cm³/mol. The lowest BCUT2D eigenvalue weighted by atomic mass is 9.91. The van der Waals surface area contributed by atoms with E-state index in [2.05, 4.69) is 25.4 Å². The lowest BCUT2D eigenvalue weighted by Gasteiger charge is -2.23. The first-order valence-corrected chi connectivity index (χ1v) is 8.22. The molecule has 0 saturated carbocycles. The highest BCUT2D eigenvalue weighted by atomic mass is 79.9. The number of amides is 1. The summed E-state index contributed by atoms with van der Waals surface area (Å²) in [5, 5.41) is 0.782. The van der Waals surface area contributed by atoms with Crippen LogP contribution in [0.3, 0.4) is 0 Å². The van der Waals surface area contributed by atoms with Gasteiger partial charge in [-0.1, -0.05) is 29.8 Å². The quantitative estimate of drug-likeness (QED) is 0.689. The van der Waals surface area contributed by atoms with Gasteiger partial charge in [0.05, 0.1) is 6.10 Å². The highest BCUT2D eigenvalue weighted by molar-refractivity contribution is 9.09. The maximum Gasteiger partial charge on any atom is 0.422 e. The van der Waals surface area contributed by atoms with E-state index in [0.717, 1.165) is 11.8 Å². The summed E-state index contributed by atoms with van der Waals surface area (Å²) in [5.41, 5.74) is -0.194. The molecule has 0 spiro atoms. The van der Waals surface area contributed by atoms with Crippen molar-refractivity contribution in [3.8, 4) is 0 Å². The standard InChI is InChI=1S/C10H21BrN2O4S/c1-8(2)17-9(14)13-18(15,16)12-7-10(3,4)5-6-11/h8,12H,5-7H2,1-4H3,(H,13,14). The van der Waals surface area contributed by atoms with Gasteiger partial charge in [0, 0.05) is 11.9 Å². The summed E-state index contributed by atoms with van der Waals surface area (Å²) in [5.74, 6) is 0. The molecular weight excluding hydrogens is 324 g/mol. The van der Waals surface area contributed by atoms with E-state index in [1.165, 1.54) is 0 Å². The molecule has 0 aliphatic rings. The monoisotopic (exact) mass is 344 g/mol. The molecule has 0 aliphatic carbocycles. The van der Waals surface area contributed by atoms with E-state index in [1.807, 2.05) is 13.8 Å². The minimum atomic E-state index is -3.87. The van der Waals surface area contributed by atoms with Gasteiger partial charge in [0.25, 0.3) is 0 Å². The molecule has 0 rings (SSSR count). The molecule has 0 saturated heterocycles. The van der Waals surface area contributed by atoms with E-state index < -0.39 is 16.3 Å². The number of nitrogens with one attached hydrogen (secondary N) is 2. The van der Waals surface area contributed by atoms with Crippen molar-refractivity contribution in [2.45, 2.75) is 40.2 Å². The van der Waals surface area contributed by atoms with Crippen molar-refractivity contribution in [2.24, 2.45) is 5.41 Å². The van der Waals surface area contributed by atoms with Crippen molar-refractivity contribution >= 4 is 32.2 Å². The van der Waals surface area contributed by atoms with Gasteiger partial charge < -0.3 is 4.74 Å². The van der Waals surface area contributed by atoms with Crippen LogP contribution >= 0.6 is 15.9 Å². The number of carbonyl (C=O) groups excluding carboxylic acids is 1. The molecule has 0 heterocycles. The molecule has 0 fully saturated rings. The lowest BCUT2D eigenvalue weighted by Crippen LogP contribution is -2.44. The Morgan fingerprint density at radius 2 is 1.94 bits per heavy atom. The van der Waals surface area contributed by atoms with Gasteiger partial charge in [-0.05, 0) is 25.7 Å². The van der Waals surface area contributed by atoms with Crippen LogP contribution in [0.2, 0.25) is 0 Å². The summed E-state index contributed by atoms with van der Waals surface area (Å²) in [7, 11) is -3.87. The van der Waals surface area contributed by atoms with E-state index in [9.17, 15) is 13.2 Å². The predicted octanol–water partition coefficient (Wildman–Crippen LogP) is 1.77. The third kappa shape index (κ3) is 8.71. The zero-order chi connectivity index (χ0) is 14.4. The molecule has 0 atom stereocenters. The molecular formula is C10H21BrN2O4S. The summed E-state index contributed by atoms with van der Waals surface area (Å²) in [6.45, 7) is 7.38. The van der Waals surface area contributed by atoms with Gasteiger partial charge >= 0.3 is 16.3 Å². The Bertz CT molecular complexity index is 368. The van der Waals surface area contributed by atoms with Crippen LogP contribution in [0.15, 0.2) is 0 Å². The third-order valence-electron chi connectivity index (χ3n) is 2.07. The second-order valence-electron chi connectivity index (χ2n) is 4.98. The SMILES string of the molecule is CC(C)OC(=O)NS(=O)(=O)NCC(C)(C)CCBr. The van der Waals surface area contributed by atoms with Crippen molar-refractivity contribution in [3.05, 3.63) is 0 Å². The van der Waals surface area contributed by atoms with E-state index in [0.29, 0.717) is 0 Å². The van der Waals surface area contributed by atoms with Gasteiger partial charge in [-0.3, -0.25) is 0 Å². The average molecular weight is 345 g/mol. The van der Waals surface area contributed by atoms with Gasteiger partial charge in [0.1, 0.15) is 0 Å². The molecule has 1 amide bonds. The van der Waals surface area contributed by atoms with Crippen molar-refractivity contribution in [2.75, 3.05) is 11.9 Å². The van der Waals surface area contributed by atoms with Gasteiger partial charge in [0.2, 0.25) is 0 Å². The van der Waals surface area contributed by atoms with Crippen LogP contribution < -0.4 is 9.44 Å². The third-order valence-corrected chi connectivity index (χ3v) is 3.43. The number of ether oxygens (including phenoxy) is 1. The lowest BCUT2D eigenvalue weighted by molar-refractivity contribution is 0.121. The number of hydrogen-bond acceptors (Lipinski definition) is 4. The summed E-state index contributed by atoms with van der Waals surface area (Å²) < 4.78 is 31.9. The number of rotatable bonds is 7. The van der Waals surface area contributed by atoms with Crippen LogP contribution in [0.1, 0.15) is 34.1 Å². The Morgan fingerprint density at radius 1 is 1.39 bits per heavy atom. The number of hydrogen-bond donors (Lipinski definition) is 2. The van der Waals surface area contributed by atoms with E-state index in [4.69, 9.17) is 0 Å². The Hall–Kier alpha value is -0.340. The molecule has 18 heavy (non-hydrogen) atoms. The molecule has 8 heteroatoms. The first-order chi connectivity index (χ1) is 8.08. The van der Waals surface area contributed by atoms with E-state index >= 15 is 0 Å². The highest BCUT2D eigenvalue weighted by Crippen LogP contribution is 2.20. The number of alkyl halides is 1. The molecule has 0 aromatic carbocycles. The summed E-state index contributed by atoms with van der Waals surface area (Å²) >= 11 is 3.31. The van der Waals surface area contributed by atoms with Crippen LogP contribution in [0, 0.1) is 5.41 Å². The smallest absolute Gasteiger partial charge is 0.422 e. The molecule has 0 aliphatic heterocycles. The molecule has 0 aromatic heterocycles. The van der Waals surface area contributed by atoms with Gasteiger partial charge in [-0.2, -0.15) is 13.1 Å². The topological polar surface area (TPSA) is 84.5 Å². The Balaban J connectivity index is 4.28. The van der Waals surface area contributed by atoms with Crippen molar-refractivity contribution in [3.63, 3.8) is 0 Å². The van der Waals surface area contributed by atoms with Crippen LogP contribution in [-0.4, -0.2) is 32.5 Å². The number of carbonyl (C=O) groups is 1.